The van der Waals surface area contributed by atoms with Gasteiger partial charge >= 0.3 is 0 Å². The number of carbonyl (C=O) groups is 2. The molecule has 2 aromatic heterocycles. The summed E-state index contributed by atoms with van der Waals surface area (Å²) in [4.78, 5) is 42.1. The Hall–Kier alpha value is -4.64. The number of rotatable bonds is 9. The number of fused-ring (bicyclic) bond motifs is 2. The van der Waals surface area contributed by atoms with Crippen LogP contribution in [0.1, 0.15) is 34.3 Å². The Bertz CT molecular complexity index is 1420. The summed E-state index contributed by atoms with van der Waals surface area (Å²) in [5, 5.41) is 15.1. The topological polar surface area (TPSA) is 153 Å². The Morgan fingerprint density at radius 3 is 2.58 bits per heavy atom. The number of hydrogen-bond donors (Lipinski definition) is 4. The van der Waals surface area contributed by atoms with Crippen LogP contribution in [0.3, 0.4) is 0 Å². The fraction of sp³-hybridized carbons (Fsp3) is 0.310. The number of nitrogens with two attached hydrogens (primary N) is 1. The molecule has 0 spiro atoms. The molecule has 1 saturated carbocycles. The Kier molecular flexibility index (Phi) is 7.83. The van der Waals surface area contributed by atoms with Crippen LogP contribution in [-0.2, 0) is 4.79 Å². The van der Waals surface area contributed by atoms with E-state index in [0.717, 1.165) is 19.4 Å². The highest BCUT2D eigenvalue weighted by atomic mass is 16.2. The highest BCUT2D eigenvalue weighted by Crippen LogP contribution is 2.39. The van der Waals surface area contributed by atoms with Gasteiger partial charge in [-0.1, -0.05) is 24.3 Å². The van der Waals surface area contributed by atoms with E-state index in [4.69, 9.17) is 11.1 Å². The second-order valence-electron chi connectivity index (χ2n) is 10.4. The molecule has 11 heteroatoms. The lowest BCUT2D eigenvalue weighted by atomic mass is 10.0. The molecule has 1 aromatic carbocycles. The standard InChI is InChI=1S/C29H33N9O2/c1-37(2)13-5-7-24(39)38-16-18-14-21(22(38)15-18)35-28-25(27(31)33-17-34-28)26(30)19-8-10-20(11-9-19)29(40)36-23-6-3-4-12-32-23/h3-12,17-18,21-22,30H,13-16H2,1-2H3,(H,32,36,40)(H3,31,33,34,35)/b7-5+,30-26?. The highest BCUT2D eigenvalue weighted by Gasteiger charge is 2.46. The van der Waals surface area contributed by atoms with Gasteiger partial charge in [0, 0.05) is 42.5 Å². The maximum absolute atomic E-state index is 12.9. The first-order valence-corrected chi connectivity index (χ1v) is 13.2. The minimum Gasteiger partial charge on any atom is -0.383 e. The number of likely N-dealkylation sites (tertiary alicyclic amines) is 1. The lowest BCUT2D eigenvalue weighted by molar-refractivity contribution is -0.127. The van der Waals surface area contributed by atoms with Crippen molar-refractivity contribution in [1.82, 2.24) is 24.8 Å². The van der Waals surface area contributed by atoms with Crippen LogP contribution in [0.4, 0.5) is 17.5 Å². The number of benzene rings is 1. The van der Waals surface area contributed by atoms with Gasteiger partial charge < -0.3 is 26.2 Å². The first-order valence-electron chi connectivity index (χ1n) is 13.2. The quantitative estimate of drug-likeness (QED) is 0.239. The van der Waals surface area contributed by atoms with Crippen LogP contribution in [0.5, 0.6) is 0 Å². The van der Waals surface area contributed by atoms with E-state index in [0.29, 0.717) is 40.8 Å². The second-order valence-corrected chi connectivity index (χ2v) is 10.4. The number of anilines is 3. The first kappa shape index (κ1) is 26.9. The third kappa shape index (κ3) is 5.84. The molecule has 0 radical (unpaired) electrons. The number of nitrogens with zero attached hydrogens (tertiary/aromatic N) is 5. The number of amides is 2. The molecule has 2 amide bonds. The van der Waals surface area contributed by atoms with Crippen LogP contribution in [-0.4, -0.2) is 81.5 Å². The van der Waals surface area contributed by atoms with Gasteiger partial charge in [0.25, 0.3) is 5.91 Å². The van der Waals surface area contributed by atoms with Gasteiger partial charge in [0.15, 0.2) is 0 Å². The van der Waals surface area contributed by atoms with Crippen molar-refractivity contribution in [2.45, 2.75) is 24.9 Å². The first-order chi connectivity index (χ1) is 19.3. The largest absolute Gasteiger partial charge is 0.383 e. The minimum absolute atomic E-state index is 0.0107. The number of pyridine rings is 1. The van der Waals surface area contributed by atoms with E-state index in [-0.39, 0.29) is 35.4 Å². The van der Waals surface area contributed by atoms with Crippen LogP contribution < -0.4 is 16.4 Å². The number of piperidine rings is 1. The van der Waals surface area contributed by atoms with Gasteiger partial charge in [-0.25, -0.2) is 15.0 Å². The van der Waals surface area contributed by atoms with Gasteiger partial charge in [-0.15, -0.1) is 0 Å². The summed E-state index contributed by atoms with van der Waals surface area (Å²) < 4.78 is 0. The van der Waals surface area contributed by atoms with Gasteiger partial charge in [0.1, 0.15) is 23.8 Å². The fourth-order valence-corrected chi connectivity index (χ4v) is 5.38. The predicted molar refractivity (Wildman–Crippen MR) is 154 cm³/mol. The second kappa shape index (κ2) is 11.6. The van der Waals surface area contributed by atoms with Crippen molar-refractivity contribution < 1.29 is 9.59 Å². The lowest BCUT2D eigenvalue weighted by Gasteiger charge is -2.33. The smallest absolute Gasteiger partial charge is 0.256 e. The molecule has 2 fully saturated rings. The van der Waals surface area contributed by atoms with Gasteiger partial charge in [-0.2, -0.15) is 0 Å². The van der Waals surface area contributed by atoms with Crippen molar-refractivity contribution in [1.29, 1.82) is 5.41 Å². The maximum atomic E-state index is 12.9. The average molecular weight is 540 g/mol. The maximum Gasteiger partial charge on any atom is 0.256 e. The SMILES string of the molecule is CN(C)C/C=C/C(=O)N1CC2CC(Nc3ncnc(N)c3C(=N)c3ccc(C(=O)Nc4ccccn4)cc3)C1C2. The molecule has 206 valence electrons. The van der Waals surface area contributed by atoms with Crippen molar-refractivity contribution >= 4 is 35.0 Å². The molecular formula is C29H33N9O2. The van der Waals surface area contributed by atoms with E-state index in [2.05, 4.69) is 25.6 Å². The molecule has 3 aromatic rings. The zero-order valence-corrected chi connectivity index (χ0v) is 22.5. The van der Waals surface area contributed by atoms with Gasteiger partial charge in [-0.3, -0.25) is 15.0 Å². The van der Waals surface area contributed by atoms with E-state index >= 15 is 0 Å². The van der Waals surface area contributed by atoms with E-state index in [9.17, 15) is 9.59 Å². The molecule has 1 aliphatic heterocycles. The fourth-order valence-electron chi connectivity index (χ4n) is 5.38. The number of likely N-dealkylation sites (N-methyl/N-ethyl adjacent to an activating group) is 1. The van der Waals surface area contributed by atoms with E-state index in [1.807, 2.05) is 30.0 Å². The summed E-state index contributed by atoms with van der Waals surface area (Å²) in [6.07, 6.45) is 8.36. The van der Waals surface area contributed by atoms with Gasteiger partial charge in [-0.05, 0) is 57.1 Å². The van der Waals surface area contributed by atoms with Gasteiger partial charge in [0.2, 0.25) is 5.91 Å². The summed E-state index contributed by atoms with van der Waals surface area (Å²) in [5.74, 6) is 1.24. The molecule has 2 bridgehead atoms. The van der Waals surface area contributed by atoms with Crippen molar-refractivity contribution in [2.75, 3.05) is 43.6 Å². The molecule has 3 unspecified atom stereocenters. The molecule has 1 aliphatic carbocycles. The molecule has 11 nitrogen and oxygen atoms in total. The van der Waals surface area contributed by atoms with Crippen molar-refractivity contribution in [2.24, 2.45) is 5.92 Å². The number of nitrogens with one attached hydrogen (secondary N) is 3. The minimum atomic E-state index is -0.298. The molecule has 3 atom stereocenters. The zero-order chi connectivity index (χ0) is 28.2. The number of aromatic nitrogens is 3. The van der Waals surface area contributed by atoms with E-state index in [1.165, 1.54) is 6.33 Å². The Balaban J connectivity index is 1.30. The van der Waals surface area contributed by atoms with Crippen molar-refractivity contribution in [3.63, 3.8) is 0 Å². The molecule has 1 saturated heterocycles. The summed E-state index contributed by atoms with van der Waals surface area (Å²) in [6.45, 7) is 1.46. The predicted octanol–water partition coefficient (Wildman–Crippen LogP) is 2.64. The van der Waals surface area contributed by atoms with E-state index < -0.39 is 0 Å². The van der Waals surface area contributed by atoms with Crippen molar-refractivity contribution in [3.05, 3.63) is 83.8 Å². The highest BCUT2D eigenvalue weighted by molar-refractivity contribution is 6.16. The number of hydrogen-bond acceptors (Lipinski definition) is 9. The molecule has 2 aliphatic rings. The molecule has 5 N–H and O–H groups in total. The Morgan fingerprint density at radius 1 is 1.10 bits per heavy atom. The van der Waals surface area contributed by atoms with Crippen LogP contribution in [0.2, 0.25) is 0 Å². The monoisotopic (exact) mass is 539 g/mol. The van der Waals surface area contributed by atoms with Crippen LogP contribution >= 0.6 is 0 Å². The zero-order valence-electron chi connectivity index (χ0n) is 22.5. The molecule has 5 rings (SSSR count). The molecule has 3 heterocycles. The average Bonchev–Trinajstić information content (AvgIpc) is 3.54. The normalized spacial score (nSPS) is 19.8. The lowest BCUT2D eigenvalue weighted by Crippen LogP contribution is -2.47. The summed E-state index contributed by atoms with van der Waals surface area (Å²) in [5.41, 5.74) is 7.77. The van der Waals surface area contributed by atoms with Crippen molar-refractivity contribution in [3.8, 4) is 0 Å². The van der Waals surface area contributed by atoms with Crippen LogP contribution in [0.15, 0.2) is 67.1 Å². The summed E-state index contributed by atoms with van der Waals surface area (Å²) >= 11 is 0. The Morgan fingerprint density at radius 2 is 1.88 bits per heavy atom. The summed E-state index contributed by atoms with van der Waals surface area (Å²) in [6, 6.07) is 12.0. The Labute approximate surface area is 233 Å². The third-order valence-corrected chi connectivity index (χ3v) is 7.29. The van der Waals surface area contributed by atoms with Gasteiger partial charge in [0.05, 0.1) is 17.3 Å². The summed E-state index contributed by atoms with van der Waals surface area (Å²) in [7, 11) is 3.92. The third-order valence-electron chi connectivity index (χ3n) is 7.29. The molecule has 40 heavy (non-hydrogen) atoms. The van der Waals surface area contributed by atoms with Crippen LogP contribution in [0, 0.1) is 11.3 Å². The van der Waals surface area contributed by atoms with E-state index in [1.54, 1.807) is 54.7 Å². The number of carbonyl (C=O) groups excluding carboxylic acids is 2. The van der Waals surface area contributed by atoms with Crippen LogP contribution in [0.25, 0.3) is 0 Å². The molecular weight excluding hydrogens is 506 g/mol. The number of nitrogen functional groups attached to an aromatic ring is 1.